The Labute approximate surface area is 246 Å². The van der Waals surface area contributed by atoms with E-state index in [0.29, 0.717) is 22.0 Å². The van der Waals surface area contributed by atoms with E-state index >= 15 is 0 Å². The largest absolute Gasteiger partial charge is 0.506 e. The number of allylic oxidation sites excluding steroid dienone is 1. The molecule has 1 aromatic heterocycles. The first-order valence-corrected chi connectivity index (χ1v) is 13.4. The molecule has 0 saturated heterocycles. The number of carbonyl (C=O) groups excluding carboxylic acids is 3. The lowest BCUT2D eigenvalue weighted by Gasteiger charge is -2.18. The standard InChI is InChI=1S/C30H12Cl4N2O4/c31-23-21-22(24(32)26(34)25(23)33)30(40)36(29(21)39)19-11-18(35-17-8-4-3-7-14(17)19)20-27(37)15-9-12-5-1-2-6-13(12)10-16(15)28(20)38/h1-11,37H. The Hall–Kier alpha value is -3.94. The fourth-order valence-electron chi connectivity index (χ4n) is 5.28. The average molecular weight is 606 g/mol. The van der Waals surface area contributed by atoms with E-state index < -0.39 is 17.6 Å². The van der Waals surface area contributed by atoms with Crippen LogP contribution in [0.5, 0.6) is 0 Å². The Balaban J connectivity index is 1.45. The monoisotopic (exact) mass is 604 g/mol. The van der Waals surface area contributed by atoms with Gasteiger partial charge in [-0.3, -0.25) is 14.4 Å². The lowest BCUT2D eigenvalue weighted by atomic mass is 10.0. The highest BCUT2D eigenvalue weighted by Gasteiger charge is 2.43. The van der Waals surface area contributed by atoms with Gasteiger partial charge in [-0.05, 0) is 35.0 Å². The van der Waals surface area contributed by atoms with Gasteiger partial charge >= 0.3 is 0 Å². The predicted molar refractivity (Wildman–Crippen MR) is 157 cm³/mol. The van der Waals surface area contributed by atoms with Crippen molar-refractivity contribution in [1.82, 2.24) is 4.98 Å². The lowest BCUT2D eigenvalue weighted by Crippen LogP contribution is -2.30. The molecule has 0 atom stereocenters. The van der Waals surface area contributed by atoms with Crippen LogP contribution in [0, 0.1) is 0 Å². The predicted octanol–water partition coefficient (Wildman–Crippen LogP) is 8.42. The number of aliphatic hydroxyl groups excluding tert-OH is 1. The zero-order valence-corrected chi connectivity index (χ0v) is 23.0. The van der Waals surface area contributed by atoms with Crippen LogP contribution in [-0.4, -0.2) is 27.7 Å². The number of amides is 2. The first kappa shape index (κ1) is 25.1. The molecule has 1 N–H and O–H groups in total. The third-order valence-electron chi connectivity index (χ3n) is 7.14. The van der Waals surface area contributed by atoms with Crippen molar-refractivity contribution in [2.24, 2.45) is 0 Å². The molecule has 10 heteroatoms. The summed E-state index contributed by atoms with van der Waals surface area (Å²) in [6.45, 7) is 0. The maximum absolute atomic E-state index is 13.7. The fourth-order valence-corrected chi connectivity index (χ4v) is 6.29. The van der Waals surface area contributed by atoms with Crippen molar-refractivity contribution < 1.29 is 19.5 Å². The molecule has 0 unspecified atom stereocenters. The molecule has 194 valence electrons. The molecule has 4 aromatic carbocycles. The third kappa shape index (κ3) is 3.31. The summed E-state index contributed by atoms with van der Waals surface area (Å²) < 4.78 is 0. The number of hydrogen-bond acceptors (Lipinski definition) is 5. The second-order valence-corrected chi connectivity index (χ2v) is 10.8. The number of fused-ring (bicyclic) bond motifs is 4. The molecule has 6 nitrogen and oxygen atoms in total. The van der Waals surface area contributed by atoms with Crippen molar-refractivity contribution in [1.29, 1.82) is 0 Å². The number of aromatic nitrogens is 1. The smallest absolute Gasteiger partial charge is 0.267 e. The van der Waals surface area contributed by atoms with E-state index in [1.54, 1.807) is 36.4 Å². The third-order valence-corrected chi connectivity index (χ3v) is 8.94. The van der Waals surface area contributed by atoms with Gasteiger partial charge in [-0.25, -0.2) is 9.88 Å². The summed E-state index contributed by atoms with van der Waals surface area (Å²) in [6, 6.07) is 19.2. The van der Waals surface area contributed by atoms with Crippen molar-refractivity contribution in [3.05, 3.63) is 115 Å². The molecule has 2 aliphatic rings. The summed E-state index contributed by atoms with van der Waals surface area (Å²) in [5.41, 5.74) is 0.898. The Morgan fingerprint density at radius 3 is 1.85 bits per heavy atom. The molecule has 0 radical (unpaired) electrons. The van der Waals surface area contributed by atoms with Gasteiger partial charge in [0.25, 0.3) is 11.8 Å². The lowest BCUT2D eigenvalue weighted by molar-refractivity contribution is 0.0926. The molecule has 0 bridgehead atoms. The van der Waals surface area contributed by atoms with Gasteiger partial charge in [-0.15, -0.1) is 0 Å². The number of Topliss-reactive ketones (excluding diaryl/α,β-unsaturated/α-hetero) is 1. The van der Waals surface area contributed by atoms with Crippen molar-refractivity contribution in [3.8, 4) is 0 Å². The molecule has 7 rings (SSSR count). The highest BCUT2D eigenvalue weighted by Crippen LogP contribution is 2.47. The summed E-state index contributed by atoms with van der Waals surface area (Å²) in [5.74, 6) is -2.21. The van der Waals surface area contributed by atoms with Gasteiger partial charge in [0.2, 0.25) is 0 Å². The molecule has 2 amide bonds. The van der Waals surface area contributed by atoms with Crippen molar-refractivity contribution in [3.63, 3.8) is 0 Å². The maximum Gasteiger partial charge on any atom is 0.267 e. The van der Waals surface area contributed by atoms with Crippen LogP contribution in [0.25, 0.3) is 33.0 Å². The van der Waals surface area contributed by atoms with Crippen LogP contribution < -0.4 is 4.90 Å². The SMILES string of the molecule is O=C1C(c2cc(N3C(=O)c4c(Cl)c(Cl)c(Cl)c(Cl)c4C3=O)c3ccccc3n2)=C(O)c2cc3ccccc3cc21. The summed E-state index contributed by atoms with van der Waals surface area (Å²) in [4.78, 5) is 46.5. The molecule has 5 aromatic rings. The average Bonchev–Trinajstić information content (AvgIpc) is 3.36. The number of anilines is 1. The Kier molecular flexibility index (Phi) is 5.50. The fraction of sp³-hybridized carbons (Fsp3) is 0. The quantitative estimate of drug-likeness (QED) is 0.124. The Bertz CT molecular complexity index is 2040. The Morgan fingerprint density at radius 1 is 0.675 bits per heavy atom. The highest BCUT2D eigenvalue weighted by molar-refractivity contribution is 6.56. The molecule has 0 fully saturated rings. The Morgan fingerprint density at radius 2 is 1.23 bits per heavy atom. The number of hydrogen-bond donors (Lipinski definition) is 1. The topological polar surface area (TPSA) is 87.6 Å². The number of rotatable bonds is 2. The second-order valence-electron chi connectivity index (χ2n) is 9.29. The minimum atomic E-state index is -0.766. The number of carbonyl (C=O) groups is 3. The molecule has 1 aliphatic carbocycles. The molecule has 2 heterocycles. The zero-order chi connectivity index (χ0) is 28.0. The van der Waals surface area contributed by atoms with Gasteiger partial charge in [0.05, 0.1) is 53.7 Å². The minimum absolute atomic E-state index is 0.0453. The van der Waals surface area contributed by atoms with Gasteiger partial charge in [-0.2, -0.15) is 0 Å². The van der Waals surface area contributed by atoms with Gasteiger partial charge < -0.3 is 5.11 Å². The van der Waals surface area contributed by atoms with E-state index in [0.717, 1.165) is 15.7 Å². The van der Waals surface area contributed by atoms with E-state index in [1.165, 1.54) is 6.07 Å². The van der Waals surface area contributed by atoms with Crippen LogP contribution in [0.1, 0.15) is 42.3 Å². The molecular weight excluding hydrogens is 594 g/mol. The summed E-state index contributed by atoms with van der Waals surface area (Å²) in [5, 5.41) is 12.7. The van der Waals surface area contributed by atoms with Gasteiger partial charge in [0.1, 0.15) is 5.76 Å². The van der Waals surface area contributed by atoms with Crippen LogP contribution in [0.2, 0.25) is 20.1 Å². The number of imide groups is 1. The van der Waals surface area contributed by atoms with Crippen LogP contribution in [0.3, 0.4) is 0 Å². The number of para-hydroxylation sites is 1. The molecule has 0 spiro atoms. The highest BCUT2D eigenvalue weighted by atomic mass is 35.5. The normalized spacial score (nSPS) is 14.6. The first-order chi connectivity index (χ1) is 19.2. The summed E-state index contributed by atoms with van der Waals surface area (Å²) in [6.07, 6.45) is 0. The van der Waals surface area contributed by atoms with E-state index in [9.17, 15) is 19.5 Å². The second kappa shape index (κ2) is 8.78. The molecule has 40 heavy (non-hydrogen) atoms. The molecule has 0 saturated carbocycles. The minimum Gasteiger partial charge on any atom is -0.506 e. The number of halogens is 4. The number of nitrogens with zero attached hydrogens (tertiary/aromatic N) is 2. The maximum atomic E-state index is 13.7. The van der Waals surface area contributed by atoms with Gasteiger partial charge in [0.15, 0.2) is 5.78 Å². The van der Waals surface area contributed by atoms with Gasteiger partial charge in [0, 0.05) is 16.5 Å². The first-order valence-electron chi connectivity index (χ1n) is 11.8. The van der Waals surface area contributed by atoms with E-state index in [2.05, 4.69) is 4.98 Å². The van der Waals surface area contributed by atoms with Crippen molar-refractivity contribution in [2.75, 3.05) is 4.90 Å². The van der Waals surface area contributed by atoms with Crippen molar-refractivity contribution in [2.45, 2.75) is 0 Å². The van der Waals surface area contributed by atoms with E-state index in [-0.39, 0.29) is 53.9 Å². The number of pyridine rings is 1. The van der Waals surface area contributed by atoms with Crippen LogP contribution in [0.15, 0.2) is 66.7 Å². The summed E-state index contributed by atoms with van der Waals surface area (Å²) >= 11 is 25.1. The van der Waals surface area contributed by atoms with E-state index in [1.807, 2.05) is 24.3 Å². The van der Waals surface area contributed by atoms with Crippen molar-refractivity contribution >= 4 is 103 Å². The van der Waals surface area contributed by atoms with Crippen LogP contribution in [-0.2, 0) is 0 Å². The summed E-state index contributed by atoms with van der Waals surface area (Å²) in [7, 11) is 0. The number of ketones is 1. The van der Waals surface area contributed by atoms with Crippen LogP contribution in [0.4, 0.5) is 5.69 Å². The zero-order valence-electron chi connectivity index (χ0n) is 19.9. The molecular formula is C30H12Cl4N2O4. The van der Waals surface area contributed by atoms with Gasteiger partial charge in [-0.1, -0.05) is 88.9 Å². The molecule has 1 aliphatic heterocycles. The number of aliphatic hydroxyl groups is 1. The number of benzene rings is 4. The van der Waals surface area contributed by atoms with Crippen LogP contribution >= 0.6 is 46.4 Å². The van der Waals surface area contributed by atoms with E-state index in [4.69, 9.17) is 46.4 Å².